The molecule has 1 saturated heterocycles. The second kappa shape index (κ2) is 14.4. The SMILES string of the molecule is NCCC(=O)NC(Cc1ccc(Cl)cc1Cl)C(=O)N1CCN(C2(CN(C(N)=O)c3ccccc3)CCCCC2)CC1. The maximum Gasteiger partial charge on any atom is 0.319 e. The highest BCUT2D eigenvalue weighted by atomic mass is 35.5. The zero-order valence-electron chi connectivity index (χ0n) is 23.4. The smallest absolute Gasteiger partial charge is 0.319 e. The van der Waals surface area contributed by atoms with Gasteiger partial charge in [0, 0.05) is 73.4 Å². The van der Waals surface area contributed by atoms with Gasteiger partial charge in [-0.2, -0.15) is 0 Å². The summed E-state index contributed by atoms with van der Waals surface area (Å²) in [6, 6.07) is 13.4. The molecule has 1 saturated carbocycles. The van der Waals surface area contributed by atoms with E-state index in [1.54, 1.807) is 23.1 Å². The number of nitrogens with two attached hydrogens (primary N) is 2. The van der Waals surface area contributed by atoms with E-state index in [4.69, 9.17) is 34.7 Å². The van der Waals surface area contributed by atoms with Crippen LogP contribution in [0.1, 0.15) is 44.1 Å². The fourth-order valence-corrected chi connectivity index (χ4v) is 6.59. The monoisotopic (exact) mass is 602 g/mol. The van der Waals surface area contributed by atoms with Gasteiger partial charge in [-0.1, -0.05) is 66.7 Å². The first-order chi connectivity index (χ1) is 19.7. The molecule has 0 aromatic heterocycles. The zero-order chi connectivity index (χ0) is 29.4. The molecule has 1 aliphatic heterocycles. The molecule has 9 nitrogen and oxygen atoms in total. The number of anilines is 1. The van der Waals surface area contributed by atoms with Crippen LogP contribution in [-0.2, 0) is 16.0 Å². The Morgan fingerprint density at radius 1 is 0.976 bits per heavy atom. The molecule has 0 bridgehead atoms. The fraction of sp³-hybridized carbons (Fsp3) is 0.500. The molecule has 0 radical (unpaired) electrons. The number of amides is 4. The molecular formula is C30H40Cl2N6O3. The number of urea groups is 1. The average molecular weight is 604 g/mol. The molecule has 1 unspecified atom stereocenters. The number of piperazine rings is 1. The molecule has 2 aliphatic rings. The van der Waals surface area contributed by atoms with Crippen molar-refractivity contribution in [3.8, 4) is 0 Å². The molecule has 4 rings (SSSR count). The molecule has 1 heterocycles. The molecule has 1 atom stereocenters. The summed E-state index contributed by atoms with van der Waals surface area (Å²) in [6.45, 7) is 3.06. The van der Waals surface area contributed by atoms with Crippen molar-refractivity contribution in [2.24, 2.45) is 11.5 Å². The Morgan fingerprint density at radius 3 is 2.27 bits per heavy atom. The van der Waals surface area contributed by atoms with Gasteiger partial charge in [0.2, 0.25) is 11.8 Å². The number of nitrogens with zero attached hydrogens (tertiary/aromatic N) is 3. The summed E-state index contributed by atoms with van der Waals surface area (Å²) in [7, 11) is 0. The highest BCUT2D eigenvalue weighted by Crippen LogP contribution is 2.36. The van der Waals surface area contributed by atoms with Crippen molar-refractivity contribution in [1.29, 1.82) is 0 Å². The number of benzene rings is 2. The number of halogens is 2. The lowest BCUT2D eigenvalue weighted by Crippen LogP contribution is -2.64. The standard InChI is InChI=1S/C30H40Cl2N6O3/c31-23-10-9-22(25(32)20-23)19-26(35-27(39)11-14-33)28(40)36-15-17-37(18-16-36)30(12-5-2-6-13-30)21-38(29(34)41)24-7-3-1-4-8-24/h1,3-4,7-10,20,26H,2,5-6,11-19,21,33H2,(H2,34,41)(H,35,39). The van der Waals surface area contributed by atoms with Crippen LogP contribution in [0.2, 0.25) is 10.0 Å². The van der Waals surface area contributed by atoms with Gasteiger partial charge in [-0.15, -0.1) is 0 Å². The number of hydrogen-bond donors (Lipinski definition) is 3. The molecule has 1 aliphatic carbocycles. The summed E-state index contributed by atoms with van der Waals surface area (Å²) < 4.78 is 0. The maximum absolute atomic E-state index is 13.8. The van der Waals surface area contributed by atoms with Crippen LogP contribution in [0.5, 0.6) is 0 Å². The third kappa shape index (κ3) is 7.92. The van der Waals surface area contributed by atoms with Crippen LogP contribution < -0.4 is 21.7 Å². The number of rotatable bonds is 10. The number of primary amides is 1. The third-order valence-corrected chi connectivity index (χ3v) is 8.86. The Hall–Kier alpha value is -2.85. The predicted molar refractivity (Wildman–Crippen MR) is 163 cm³/mol. The summed E-state index contributed by atoms with van der Waals surface area (Å²) in [6.07, 6.45) is 5.63. The zero-order valence-corrected chi connectivity index (χ0v) is 24.9. The van der Waals surface area contributed by atoms with Gasteiger partial charge in [0.15, 0.2) is 0 Å². The van der Waals surface area contributed by atoms with Crippen LogP contribution in [0, 0.1) is 0 Å². The molecule has 4 amide bonds. The van der Waals surface area contributed by atoms with Crippen LogP contribution >= 0.6 is 23.2 Å². The molecule has 2 aromatic rings. The number of nitrogens with one attached hydrogen (secondary N) is 1. The van der Waals surface area contributed by atoms with E-state index in [0.29, 0.717) is 42.8 Å². The normalized spacial score (nSPS) is 18.0. The van der Waals surface area contributed by atoms with Crippen molar-refractivity contribution in [2.75, 3.05) is 44.2 Å². The molecular weight excluding hydrogens is 563 g/mol. The Kier molecular flexibility index (Phi) is 10.9. The van der Waals surface area contributed by atoms with E-state index in [9.17, 15) is 14.4 Å². The topological polar surface area (TPSA) is 125 Å². The van der Waals surface area contributed by atoms with Gasteiger partial charge in [0.1, 0.15) is 6.04 Å². The summed E-state index contributed by atoms with van der Waals surface area (Å²) in [5.41, 5.74) is 12.7. The van der Waals surface area contributed by atoms with Gasteiger partial charge < -0.3 is 21.7 Å². The molecule has 11 heteroatoms. The number of carbonyl (C=O) groups is 3. The van der Waals surface area contributed by atoms with Gasteiger partial charge in [-0.3, -0.25) is 19.4 Å². The van der Waals surface area contributed by atoms with Crippen LogP contribution in [0.15, 0.2) is 48.5 Å². The third-order valence-electron chi connectivity index (χ3n) is 8.28. The lowest BCUT2D eigenvalue weighted by Gasteiger charge is -2.51. The van der Waals surface area contributed by atoms with E-state index >= 15 is 0 Å². The van der Waals surface area contributed by atoms with Gasteiger partial charge in [-0.05, 0) is 42.7 Å². The van der Waals surface area contributed by atoms with Crippen LogP contribution in [0.3, 0.4) is 0 Å². The first-order valence-electron chi connectivity index (χ1n) is 14.3. The Morgan fingerprint density at radius 2 is 1.66 bits per heavy atom. The largest absolute Gasteiger partial charge is 0.351 e. The fourth-order valence-electron chi connectivity index (χ4n) is 6.11. The van der Waals surface area contributed by atoms with E-state index in [2.05, 4.69) is 10.2 Å². The van der Waals surface area contributed by atoms with E-state index in [1.165, 1.54) is 6.42 Å². The minimum Gasteiger partial charge on any atom is -0.351 e. The van der Waals surface area contributed by atoms with Crippen molar-refractivity contribution >= 4 is 46.7 Å². The molecule has 41 heavy (non-hydrogen) atoms. The summed E-state index contributed by atoms with van der Waals surface area (Å²) in [5.74, 6) is -0.426. The van der Waals surface area contributed by atoms with Crippen molar-refractivity contribution < 1.29 is 14.4 Å². The van der Waals surface area contributed by atoms with Crippen molar-refractivity contribution in [1.82, 2.24) is 15.1 Å². The van der Waals surface area contributed by atoms with E-state index in [0.717, 1.165) is 36.9 Å². The number of carbonyl (C=O) groups excluding carboxylic acids is 3. The highest BCUT2D eigenvalue weighted by molar-refractivity contribution is 6.35. The molecule has 222 valence electrons. The molecule has 5 N–H and O–H groups in total. The van der Waals surface area contributed by atoms with Crippen molar-refractivity contribution in [3.05, 3.63) is 64.1 Å². The lowest BCUT2D eigenvalue weighted by atomic mass is 9.79. The summed E-state index contributed by atoms with van der Waals surface area (Å²) in [4.78, 5) is 44.7. The van der Waals surface area contributed by atoms with E-state index < -0.39 is 12.1 Å². The lowest BCUT2D eigenvalue weighted by molar-refractivity contribution is -0.139. The summed E-state index contributed by atoms with van der Waals surface area (Å²) in [5, 5.41) is 3.82. The predicted octanol–water partition coefficient (Wildman–Crippen LogP) is 3.80. The van der Waals surface area contributed by atoms with Crippen LogP contribution in [0.25, 0.3) is 0 Å². The average Bonchev–Trinajstić information content (AvgIpc) is 2.97. The van der Waals surface area contributed by atoms with Gasteiger partial charge in [-0.25, -0.2) is 4.79 Å². The Labute approximate surface area is 252 Å². The first-order valence-corrected chi connectivity index (χ1v) is 15.1. The minimum atomic E-state index is -0.772. The number of para-hydroxylation sites is 1. The van der Waals surface area contributed by atoms with E-state index in [-0.39, 0.29) is 36.7 Å². The van der Waals surface area contributed by atoms with Gasteiger partial charge >= 0.3 is 6.03 Å². The minimum absolute atomic E-state index is 0.131. The van der Waals surface area contributed by atoms with Crippen LogP contribution in [0.4, 0.5) is 10.5 Å². The van der Waals surface area contributed by atoms with Gasteiger partial charge in [0.05, 0.1) is 0 Å². The number of hydrogen-bond acceptors (Lipinski definition) is 5. The second-order valence-electron chi connectivity index (χ2n) is 11.0. The molecule has 2 aromatic carbocycles. The quantitative estimate of drug-likeness (QED) is 0.381. The molecule has 2 fully saturated rings. The van der Waals surface area contributed by atoms with Gasteiger partial charge in [0.25, 0.3) is 0 Å². The second-order valence-corrected chi connectivity index (χ2v) is 11.8. The maximum atomic E-state index is 13.8. The molecule has 0 spiro atoms. The Balaban J connectivity index is 1.48. The van der Waals surface area contributed by atoms with E-state index in [1.807, 2.05) is 35.2 Å². The highest BCUT2D eigenvalue weighted by Gasteiger charge is 2.42. The van der Waals surface area contributed by atoms with Crippen molar-refractivity contribution in [2.45, 2.75) is 56.5 Å². The van der Waals surface area contributed by atoms with Crippen LogP contribution in [-0.4, -0.2) is 78.5 Å². The Bertz CT molecular complexity index is 1200. The van der Waals surface area contributed by atoms with Crippen molar-refractivity contribution in [3.63, 3.8) is 0 Å². The summed E-state index contributed by atoms with van der Waals surface area (Å²) >= 11 is 12.5. The first kappa shape index (κ1) is 31.1.